The van der Waals surface area contributed by atoms with Crippen LogP contribution in [0.4, 0.5) is 0 Å². The van der Waals surface area contributed by atoms with Gasteiger partial charge in [0.2, 0.25) is 5.96 Å². The highest BCUT2D eigenvalue weighted by atomic mass is 127. The third-order valence-electron chi connectivity index (χ3n) is 3.91. The Morgan fingerprint density at radius 2 is 1.81 bits per heavy atom. The SMILES string of the molecule is I.OCCN(C1=NCCN1)/[N+](=C/c1ccccc1O)[CH-]c1ccccc1O. The summed E-state index contributed by atoms with van der Waals surface area (Å²) in [6.07, 6.45) is 1.72. The molecular weight excluding hydrogens is 459 g/mol. The quantitative estimate of drug-likeness (QED) is 0.165. The first-order chi connectivity index (χ1) is 12.7. The Kier molecular flexibility index (Phi) is 7.74. The number of hydrogen-bond acceptors (Lipinski definition) is 6. The normalized spacial score (nSPS) is 13.4. The summed E-state index contributed by atoms with van der Waals surface area (Å²) in [7, 11) is 0. The third kappa shape index (κ3) is 5.27. The number of halogens is 1. The van der Waals surface area contributed by atoms with Crippen LogP contribution >= 0.6 is 24.0 Å². The molecular formula is C19H23IN4O3. The first-order valence-corrected chi connectivity index (χ1v) is 8.40. The summed E-state index contributed by atoms with van der Waals surface area (Å²) in [5, 5.41) is 34.7. The number of guanidine groups is 1. The minimum Gasteiger partial charge on any atom is -0.551 e. The molecule has 7 nitrogen and oxygen atoms in total. The Morgan fingerprint density at radius 1 is 1.11 bits per heavy atom. The summed E-state index contributed by atoms with van der Waals surface area (Å²) in [5.41, 5.74) is 1.20. The van der Waals surface area contributed by atoms with E-state index in [2.05, 4.69) is 10.3 Å². The zero-order chi connectivity index (χ0) is 18.4. The maximum Gasteiger partial charge on any atom is 0.250 e. The van der Waals surface area contributed by atoms with E-state index in [-0.39, 0.29) is 42.1 Å². The second-order valence-electron chi connectivity index (χ2n) is 5.73. The van der Waals surface area contributed by atoms with Crippen molar-refractivity contribution in [3.63, 3.8) is 0 Å². The Hall–Kier alpha value is -2.46. The molecule has 2 aromatic rings. The highest BCUT2D eigenvalue weighted by Crippen LogP contribution is 2.20. The Bertz CT molecular complexity index is 826. The first kappa shape index (κ1) is 20.8. The number of aliphatic hydroxyl groups is 1. The van der Waals surface area contributed by atoms with Gasteiger partial charge in [-0.3, -0.25) is 0 Å². The molecule has 0 amide bonds. The van der Waals surface area contributed by atoms with Crippen LogP contribution in [0.3, 0.4) is 0 Å². The van der Waals surface area contributed by atoms with Crippen molar-refractivity contribution in [2.24, 2.45) is 4.99 Å². The molecule has 8 heteroatoms. The van der Waals surface area contributed by atoms with E-state index in [0.717, 1.165) is 6.54 Å². The van der Waals surface area contributed by atoms with Gasteiger partial charge in [0.15, 0.2) is 0 Å². The molecule has 0 fully saturated rings. The van der Waals surface area contributed by atoms with E-state index in [1.165, 1.54) is 0 Å². The van der Waals surface area contributed by atoms with Crippen LogP contribution in [0.5, 0.6) is 11.5 Å². The van der Waals surface area contributed by atoms with Crippen LogP contribution in [0, 0.1) is 6.54 Å². The van der Waals surface area contributed by atoms with E-state index >= 15 is 0 Å². The number of aliphatic imine (C=N–C) groups is 1. The molecule has 27 heavy (non-hydrogen) atoms. The number of para-hydroxylation sites is 2. The average Bonchev–Trinajstić information content (AvgIpc) is 3.17. The van der Waals surface area contributed by atoms with Gasteiger partial charge in [-0.1, -0.05) is 30.3 Å². The van der Waals surface area contributed by atoms with Crippen molar-refractivity contribution in [2.45, 2.75) is 0 Å². The second kappa shape index (κ2) is 10.0. The Labute approximate surface area is 175 Å². The lowest BCUT2D eigenvalue weighted by atomic mass is 10.2. The fraction of sp³-hybridized carbons (Fsp3) is 0.211. The van der Waals surface area contributed by atoms with Crippen molar-refractivity contribution >= 4 is 36.2 Å². The number of rotatable bonds is 6. The predicted molar refractivity (Wildman–Crippen MR) is 115 cm³/mol. The van der Waals surface area contributed by atoms with Gasteiger partial charge in [-0.05, 0) is 11.6 Å². The zero-order valence-corrected chi connectivity index (χ0v) is 17.0. The van der Waals surface area contributed by atoms with E-state index in [9.17, 15) is 15.3 Å². The zero-order valence-electron chi connectivity index (χ0n) is 14.7. The van der Waals surface area contributed by atoms with Gasteiger partial charge < -0.3 is 20.6 Å². The topological polar surface area (TPSA) is 91.3 Å². The fourth-order valence-electron chi connectivity index (χ4n) is 2.64. The number of hydrazone groups is 1. The van der Waals surface area contributed by atoms with Crippen molar-refractivity contribution in [2.75, 3.05) is 26.2 Å². The number of benzene rings is 2. The minimum atomic E-state index is -0.0829. The molecule has 2 aromatic carbocycles. The van der Waals surface area contributed by atoms with Gasteiger partial charge in [0.25, 0.3) is 0 Å². The molecule has 0 bridgehead atoms. The lowest BCUT2D eigenvalue weighted by molar-refractivity contribution is -0.626. The lowest BCUT2D eigenvalue weighted by Crippen LogP contribution is -2.46. The number of nitrogens with zero attached hydrogens (tertiary/aromatic N) is 3. The van der Waals surface area contributed by atoms with Crippen molar-refractivity contribution in [1.29, 1.82) is 0 Å². The molecule has 4 N–H and O–H groups in total. The molecule has 1 heterocycles. The van der Waals surface area contributed by atoms with Crippen LogP contribution < -0.4 is 5.32 Å². The summed E-state index contributed by atoms with van der Waals surface area (Å²) < 4.78 is 1.71. The molecule has 0 unspecified atom stereocenters. The van der Waals surface area contributed by atoms with Gasteiger partial charge in [0.1, 0.15) is 25.1 Å². The number of hydrogen-bond donors (Lipinski definition) is 4. The molecule has 3 rings (SSSR count). The number of phenols is 2. The van der Waals surface area contributed by atoms with Gasteiger partial charge in [-0.15, -0.1) is 41.1 Å². The predicted octanol–water partition coefficient (Wildman–Crippen LogP) is 1.53. The van der Waals surface area contributed by atoms with Crippen molar-refractivity contribution < 1.29 is 20.0 Å². The lowest BCUT2D eigenvalue weighted by Gasteiger charge is -2.23. The van der Waals surface area contributed by atoms with E-state index in [0.29, 0.717) is 30.2 Å². The van der Waals surface area contributed by atoms with Gasteiger partial charge in [0.05, 0.1) is 13.2 Å². The smallest absolute Gasteiger partial charge is 0.250 e. The van der Waals surface area contributed by atoms with Gasteiger partial charge >= 0.3 is 0 Å². The molecule has 1 aliphatic heterocycles. The highest BCUT2D eigenvalue weighted by molar-refractivity contribution is 14.0. The summed E-state index contributed by atoms with van der Waals surface area (Å²) in [6, 6.07) is 13.9. The summed E-state index contributed by atoms with van der Waals surface area (Å²) in [6.45, 7) is 3.30. The molecule has 144 valence electrons. The Morgan fingerprint density at radius 3 is 2.44 bits per heavy atom. The number of hydrazine groups is 1. The summed E-state index contributed by atoms with van der Waals surface area (Å²) in [4.78, 5) is 4.42. The average molecular weight is 482 g/mol. The van der Waals surface area contributed by atoms with Crippen molar-refractivity contribution in [3.8, 4) is 11.5 Å². The van der Waals surface area contributed by atoms with E-state index < -0.39 is 0 Å². The third-order valence-corrected chi connectivity index (χ3v) is 3.91. The van der Waals surface area contributed by atoms with Gasteiger partial charge in [-0.2, -0.15) is 4.68 Å². The monoisotopic (exact) mass is 482 g/mol. The van der Waals surface area contributed by atoms with Crippen LogP contribution in [0.2, 0.25) is 0 Å². The van der Waals surface area contributed by atoms with Crippen molar-refractivity contribution in [3.05, 3.63) is 66.2 Å². The Balaban J connectivity index is 0.00000261. The van der Waals surface area contributed by atoms with E-state index in [1.54, 1.807) is 58.9 Å². The van der Waals surface area contributed by atoms with Crippen LogP contribution in [-0.2, 0) is 0 Å². The number of aromatic hydroxyl groups is 2. The molecule has 0 aromatic heterocycles. The molecule has 0 atom stereocenters. The summed E-state index contributed by atoms with van der Waals surface area (Å²) in [5.74, 6) is 0.888. The second-order valence-corrected chi connectivity index (χ2v) is 5.73. The fourth-order valence-corrected chi connectivity index (χ4v) is 2.64. The molecule has 0 saturated carbocycles. The minimum absolute atomic E-state index is 0. The highest BCUT2D eigenvalue weighted by Gasteiger charge is 2.23. The largest absolute Gasteiger partial charge is 0.551 e. The molecule has 0 aliphatic carbocycles. The molecule has 1 aliphatic rings. The number of aliphatic hydroxyl groups excluding tert-OH is 1. The standard InChI is InChI=1S/C19H22N4O3.HI/c24-12-11-23(19-20-9-10-21-19)22(13-15-5-1-3-7-17(15)25)14-16-6-2-4-8-18(16)26;/h1-8,13-14,24-26H,9-12H2,(H,20,21);1H. The molecule has 0 spiro atoms. The summed E-state index contributed by atoms with van der Waals surface area (Å²) >= 11 is 0. The van der Waals surface area contributed by atoms with E-state index in [1.807, 2.05) is 12.1 Å². The van der Waals surface area contributed by atoms with Gasteiger partial charge in [0, 0.05) is 17.9 Å². The van der Waals surface area contributed by atoms with Crippen LogP contribution in [0.15, 0.2) is 53.5 Å². The van der Waals surface area contributed by atoms with Crippen molar-refractivity contribution in [1.82, 2.24) is 10.3 Å². The molecule has 0 saturated heterocycles. The van der Waals surface area contributed by atoms with E-state index in [4.69, 9.17) is 0 Å². The first-order valence-electron chi connectivity index (χ1n) is 8.40. The number of phenolic OH excluding ortho intramolecular Hbond substituents is 2. The number of nitrogens with one attached hydrogen (secondary N) is 1. The van der Waals surface area contributed by atoms with Gasteiger partial charge in [-0.25, -0.2) is 4.99 Å². The van der Waals surface area contributed by atoms with Crippen LogP contribution in [0.1, 0.15) is 11.1 Å². The van der Waals surface area contributed by atoms with Crippen LogP contribution in [-0.4, -0.2) is 63.4 Å². The van der Waals surface area contributed by atoms with Crippen LogP contribution in [0.25, 0.3) is 0 Å². The maximum absolute atomic E-state index is 10.1. The maximum atomic E-state index is 10.1. The molecule has 0 radical (unpaired) electrons.